The Hall–Kier alpha value is -1.77. The van der Waals surface area contributed by atoms with Crippen molar-refractivity contribution in [2.75, 3.05) is 0 Å². The Kier molecular flexibility index (Phi) is 3.77. The zero-order valence-electron chi connectivity index (χ0n) is 12.1. The van der Waals surface area contributed by atoms with Crippen molar-refractivity contribution in [2.45, 2.75) is 52.0 Å². The summed E-state index contributed by atoms with van der Waals surface area (Å²) >= 11 is 0. The van der Waals surface area contributed by atoms with E-state index in [1.165, 1.54) is 53.4 Å². The lowest BCUT2D eigenvalue weighted by Crippen LogP contribution is -2.21. The number of carbonyl (C=O) groups is 1. The number of rotatable bonds is 4. The van der Waals surface area contributed by atoms with Gasteiger partial charge in [0, 0.05) is 29.6 Å². The maximum absolute atomic E-state index is 11.5. The van der Waals surface area contributed by atoms with Gasteiger partial charge < -0.3 is 10.3 Å². The van der Waals surface area contributed by atoms with Gasteiger partial charge in [0.2, 0.25) is 5.91 Å². The summed E-state index contributed by atoms with van der Waals surface area (Å²) in [7, 11) is 0. The monoisotopic (exact) mass is 270 g/mol. The first-order valence-corrected chi connectivity index (χ1v) is 7.67. The number of aromatic nitrogens is 1. The highest BCUT2D eigenvalue weighted by atomic mass is 16.1. The van der Waals surface area contributed by atoms with Crippen LogP contribution in [0.5, 0.6) is 0 Å². The molecule has 0 spiro atoms. The molecule has 3 rings (SSSR count). The topological polar surface area (TPSA) is 44.9 Å². The minimum Gasteiger partial charge on any atom is -0.358 e. The molecule has 1 aromatic carbocycles. The molecule has 3 heteroatoms. The van der Waals surface area contributed by atoms with Gasteiger partial charge in [0.15, 0.2) is 0 Å². The lowest BCUT2D eigenvalue weighted by molar-refractivity contribution is -0.121. The van der Waals surface area contributed by atoms with E-state index in [0.29, 0.717) is 13.0 Å². The summed E-state index contributed by atoms with van der Waals surface area (Å²) in [5, 5.41) is 4.34. The molecule has 0 radical (unpaired) electrons. The molecule has 106 valence electrons. The van der Waals surface area contributed by atoms with E-state index in [1.807, 2.05) is 6.92 Å². The first kappa shape index (κ1) is 13.2. The van der Waals surface area contributed by atoms with Crippen LogP contribution >= 0.6 is 0 Å². The molecule has 2 N–H and O–H groups in total. The quantitative estimate of drug-likeness (QED) is 0.878. The molecule has 2 aromatic rings. The van der Waals surface area contributed by atoms with Crippen molar-refractivity contribution in [2.24, 2.45) is 0 Å². The number of amides is 1. The third-order valence-electron chi connectivity index (χ3n) is 4.13. The van der Waals surface area contributed by atoms with E-state index in [4.69, 9.17) is 0 Å². The summed E-state index contributed by atoms with van der Waals surface area (Å²) in [4.78, 5) is 15.1. The Labute approximate surface area is 119 Å². The molecule has 1 aromatic heterocycles. The number of hydrogen-bond acceptors (Lipinski definition) is 1. The van der Waals surface area contributed by atoms with Gasteiger partial charge in [-0.25, -0.2) is 0 Å². The predicted octanol–water partition coefficient (Wildman–Crippen LogP) is 3.46. The van der Waals surface area contributed by atoms with Crippen LogP contribution in [0.25, 0.3) is 10.9 Å². The third-order valence-corrected chi connectivity index (χ3v) is 4.13. The van der Waals surface area contributed by atoms with Crippen LogP contribution in [-0.2, 0) is 24.2 Å². The van der Waals surface area contributed by atoms with Gasteiger partial charge in [0.05, 0.1) is 0 Å². The van der Waals surface area contributed by atoms with E-state index in [0.717, 1.165) is 6.42 Å². The molecular weight excluding hydrogens is 248 g/mol. The SMILES string of the molecule is CCCC(=O)NCc1ccc2[nH]c3c(c2c1)CCCC3. The number of aryl methyl sites for hydroxylation is 2. The molecule has 0 fully saturated rings. The summed E-state index contributed by atoms with van der Waals surface area (Å²) in [6, 6.07) is 6.49. The molecule has 0 saturated heterocycles. The smallest absolute Gasteiger partial charge is 0.220 e. The number of H-pyrrole nitrogens is 1. The molecule has 1 heterocycles. The molecule has 3 nitrogen and oxygen atoms in total. The third kappa shape index (κ3) is 2.58. The highest BCUT2D eigenvalue weighted by molar-refractivity contribution is 5.85. The molecule has 0 unspecified atom stereocenters. The number of benzene rings is 1. The van der Waals surface area contributed by atoms with Crippen LogP contribution in [0.4, 0.5) is 0 Å². The van der Waals surface area contributed by atoms with E-state index >= 15 is 0 Å². The zero-order chi connectivity index (χ0) is 13.9. The first-order chi connectivity index (χ1) is 9.78. The molecule has 0 atom stereocenters. The second-order valence-electron chi connectivity index (χ2n) is 5.70. The Balaban J connectivity index is 1.81. The fraction of sp³-hybridized carbons (Fsp3) is 0.471. The number of fused-ring (bicyclic) bond motifs is 3. The first-order valence-electron chi connectivity index (χ1n) is 7.67. The summed E-state index contributed by atoms with van der Waals surface area (Å²) < 4.78 is 0. The average Bonchev–Trinajstić information content (AvgIpc) is 2.83. The number of carbonyl (C=O) groups excluding carboxylic acids is 1. The summed E-state index contributed by atoms with van der Waals surface area (Å²) in [5.74, 6) is 0.142. The Morgan fingerprint density at radius 3 is 3.00 bits per heavy atom. The van der Waals surface area contributed by atoms with Gasteiger partial charge in [-0.05, 0) is 55.4 Å². The van der Waals surface area contributed by atoms with Crippen LogP contribution in [0, 0.1) is 0 Å². The molecule has 20 heavy (non-hydrogen) atoms. The van der Waals surface area contributed by atoms with Crippen LogP contribution in [0.2, 0.25) is 0 Å². The number of hydrogen-bond donors (Lipinski definition) is 2. The van der Waals surface area contributed by atoms with E-state index in [1.54, 1.807) is 0 Å². The van der Waals surface area contributed by atoms with E-state index in [9.17, 15) is 4.79 Å². The second kappa shape index (κ2) is 5.70. The average molecular weight is 270 g/mol. The standard InChI is InChI=1S/C17H22N2O/c1-2-5-17(20)18-11-12-8-9-16-14(10-12)13-6-3-4-7-15(13)19-16/h8-10,19H,2-7,11H2,1H3,(H,18,20). The zero-order valence-corrected chi connectivity index (χ0v) is 12.1. The molecule has 1 amide bonds. The second-order valence-corrected chi connectivity index (χ2v) is 5.70. The molecule has 0 aliphatic heterocycles. The highest BCUT2D eigenvalue weighted by Gasteiger charge is 2.15. The van der Waals surface area contributed by atoms with Gasteiger partial charge in [-0.2, -0.15) is 0 Å². The van der Waals surface area contributed by atoms with Gasteiger partial charge in [-0.1, -0.05) is 13.0 Å². The summed E-state index contributed by atoms with van der Waals surface area (Å²) in [5.41, 5.74) is 5.33. The van der Waals surface area contributed by atoms with Crippen LogP contribution in [-0.4, -0.2) is 10.9 Å². The largest absolute Gasteiger partial charge is 0.358 e. The lowest BCUT2D eigenvalue weighted by atomic mass is 9.95. The molecule has 1 aliphatic rings. The number of nitrogens with one attached hydrogen (secondary N) is 2. The fourth-order valence-electron chi connectivity index (χ4n) is 3.08. The summed E-state index contributed by atoms with van der Waals surface area (Å²) in [6.07, 6.45) is 6.45. The van der Waals surface area contributed by atoms with E-state index < -0.39 is 0 Å². The van der Waals surface area contributed by atoms with E-state index in [2.05, 4.69) is 28.5 Å². The van der Waals surface area contributed by atoms with Gasteiger partial charge >= 0.3 is 0 Å². The highest BCUT2D eigenvalue weighted by Crippen LogP contribution is 2.29. The van der Waals surface area contributed by atoms with Crippen LogP contribution in [0.3, 0.4) is 0 Å². The van der Waals surface area contributed by atoms with Gasteiger partial charge in [-0.15, -0.1) is 0 Å². The van der Waals surface area contributed by atoms with Crippen molar-refractivity contribution in [3.8, 4) is 0 Å². The van der Waals surface area contributed by atoms with Crippen LogP contribution in [0.15, 0.2) is 18.2 Å². The van der Waals surface area contributed by atoms with Crippen molar-refractivity contribution in [3.05, 3.63) is 35.0 Å². The van der Waals surface area contributed by atoms with Crippen molar-refractivity contribution < 1.29 is 4.79 Å². The van der Waals surface area contributed by atoms with Crippen LogP contribution < -0.4 is 5.32 Å². The number of aromatic amines is 1. The van der Waals surface area contributed by atoms with Gasteiger partial charge in [-0.3, -0.25) is 4.79 Å². The summed E-state index contributed by atoms with van der Waals surface area (Å²) in [6.45, 7) is 2.66. The molecule has 1 aliphatic carbocycles. The maximum Gasteiger partial charge on any atom is 0.220 e. The Morgan fingerprint density at radius 1 is 1.30 bits per heavy atom. The van der Waals surface area contributed by atoms with Gasteiger partial charge in [0.25, 0.3) is 0 Å². The fourth-order valence-corrected chi connectivity index (χ4v) is 3.08. The van der Waals surface area contributed by atoms with Crippen molar-refractivity contribution in [3.63, 3.8) is 0 Å². The van der Waals surface area contributed by atoms with E-state index in [-0.39, 0.29) is 5.91 Å². The van der Waals surface area contributed by atoms with Crippen molar-refractivity contribution in [1.29, 1.82) is 0 Å². The predicted molar refractivity (Wildman–Crippen MR) is 81.7 cm³/mol. The van der Waals surface area contributed by atoms with Crippen molar-refractivity contribution >= 4 is 16.8 Å². The minimum atomic E-state index is 0.142. The maximum atomic E-state index is 11.5. The Morgan fingerprint density at radius 2 is 2.15 bits per heavy atom. The van der Waals surface area contributed by atoms with Gasteiger partial charge in [0.1, 0.15) is 0 Å². The lowest BCUT2D eigenvalue weighted by Gasteiger charge is -2.10. The minimum absolute atomic E-state index is 0.142. The molecular formula is C17H22N2O. The Bertz CT molecular complexity index is 627. The normalized spacial score (nSPS) is 14.2. The van der Waals surface area contributed by atoms with Crippen molar-refractivity contribution in [1.82, 2.24) is 10.3 Å². The molecule has 0 saturated carbocycles. The van der Waals surface area contributed by atoms with Crippen LogP contribution in [0.1, 0.15) is 49.4 Å². The molecule has 0 bridgehead atoms.